The molecule has 0 aliphatic carbocycles. The average molecular weight is 487 g/mol. The molecule has 0 aliphatic heterocycles. The van der Waals surface area contributed by atoms with Crippen molar-refractivity contribution in [2.24, 2.45) is 0 Å². The highest BCUT2D eigenvalue weighted by molar-refractivity contribution is 7.10. The third-order valence-electron chi connectivity index (χ3n) is 5.97. The maximum Gasteiger partial charge on any atom is 0.242 e. The SMILES string of the molecule is CCCCCCCC(=O)N(CCCOCC)CC(=O)N(Cc1ccccc1)Cc1sccc1C. The van der Waals surface area contributed by atoms with E-state index in [9.17, 15) is 9.59 Å². The third kappa shape index (κ3) is 10.4. The Morgan fingerprint density at radius 2 is 1.65 bits per heavy atom. The standard InChI is InChI=1S/C28H42N2O3S/c1-4-6-7-8-12-16-27(31)29(18-13-19-33-5-2)23-28(32)30(21-25-14-10-9-11-15-25)22-26-24(3)17-20-34-26/h9-11,14-15,17,20H,4-8,12-13,16,18-19,21-23H2,1-3H3. The second-order valence-corrected chi connectivity index (χ2v) is 9.79. The molecule has 1 heterocycles. The summed E-state index contributed by atoms with van der Waals surface area (Å²) < 4.78 is 5.47. The quantitative estimate of drug-likeness (QED) is 0.250. The number of hydrogen-bond donors (Lipinski definition) is 0. The predicted molar refractivity (Wildman–Crippen MR) is 141 cm³/mol. The van der Waals surface area contributed by atoms with Crippen molar-refractivity contribution >= 4 is 23.2 Å². The van der Waals surface area contributed by atoms with Gasteiger partial charge in [0.15, 0.2) is 0 Å². The molecule has 188 valence electrons. The fourth-order valence-electron chi connectivity index (χ4n) is 3.87. The highest BCUT2D eigenvalue weighted by Gasteiger charge is 2.22. The molecule has 0 unspecified atom stereocenters. The summed E-state index contributed by atoms with van der Waals surface area (Å²) in [6.45, 7) is 9.28. The number of unbranched alkanes of at least 4 members (excludes halogenated alkanes) is 4. The van der Waals surface area contributed by atoms with Crippen LogP contribution in [0.1, 0.15) is 74.8 Å². The summed E-state index contributed by atoms with van der Waals surface area (Å²) >= 11 is 1.68. The maximum absolute atomic E-state index is 13.5. The van der Waals surface area contributed by atoms with Crippen molar-refractivity contribution in [1.29, 1.82) is 0 Å². The number of rotatable bonds is 17. The van der Waals surface area contributed by atoms with Crippen LogP contribution in [0.15, 0.2) is 41.8 Å². The molecule has 1 aromatic carbocycles. The Bertz CT molecular complexity index is 837. The van der Waals surface area contributed by atoms with E-state index in [1.165, 1.54) is 23.3 Å². The summed E-state index contributed by atoms with van der Waals surface area (Å²) in [5.41, 5.74) is 2.29. The van der Waals surface area contributed by atoms with Crippen molar-refractivity contribution in [3.8, 4) is 0 Å². The van der Waals surface area contributed by atoms with Crippen LogP contribution in [0.4, 0.5) is 0 Å². The van der Waals surface area contributed by atoms with E-state index >= 15 is 0 Å². The molecule has 6 heteroatoms. The summed E-state index contributed by atoms with van der Waals surface area (Å²) in [6.07, 6.45) is 6.77. The Balaban J connectivity index is 2.07. The lowest BCUT2D eigenvalue weighted by molar-refractivity contribution is -0.141. The van der Waals surface area contributed by atoms with E-state index in [1.54, 1.807) is 16.2 Å². The van der Waals surface area contributed by atoms with E-state index in [1.807, 2.05) is 42.2 Å². The van der Waals surface area contributed by atoms with Crippen molar-refractivity contribution in [3.63, 3.8) is 0 Å². The van der Waals surface area contributed by atoms with Gasteiger partial charge in [-0.2, -0.15) is 0 Å². The number of amides is 2. The molecule has 2 aromatic rings. The van der Waals surface area contributed by atoms with Crippen LogP contribution in [0.3, 0.4) is 0 Å². The fraction of sp³-hybridized carbons (Fsp3) is 0.571. The maximum atomic E-state index is 13.5. The largest absolute Gasteiger partial charge is 0.382 e. The highest BCUT2D eigenvalue weighted by atomic mass is 32.1. The molecule has 0 bridgehead atoms. The second kappa shape index (κ2) is 16.4. The van der Waals surface area contributed by atoms with E-state index in [2.05, 4.69) is 25.3 Å². The summed E-state index contributed by atoms with van der Waals surface area (Å²) in [4.78, 5) is 31.4. The number of aryl methyl sites for hydroxylation is 1. The van der Waals surface area contributed by atoms with Gasteiger partial charge >= 0.3 is 0 Å². The van der Waals surface area contributed by atoms with Crippen LogP contribution in [-0.4, -0.2) is 47.9 Å². The predicted octanol–water partition coefficient (Wildman–Crippen LogP) is 6.20. The molecule has 2 amide bonds. The fourth-order valence-corrected chi connectivity index (χ4v) is 4.79. The van der Waals surface area contributed by atoms with Crippen molar-refractivity contribution in [3.05, 3.63) is 57.8 Å². The first-order valence-electron chi connectivity index (χ1n) is 12.7. The van der Waals surface area contributed by atoms with E-state index in [-0.39, 0.29) is 18.4 Å². The Labute approximate surface area is 210 Å². The first-order valence-corrected chi connectivity index (χ1v) is 13.6. The van der Waals surface area contributed by atoms with Gasteiger partial charge in [-0.1, -0.05) is 62.9 Å². The monoisotopic (exact) mass is 486 g/mol. The smallest absolute Gasteiger partial charge is 0.242 e. The molecule has 2 rings (SSSR count). The number of ether oxygens (including phenoxy) is 1. The van der Waals surface area contributed by atoms with Crippen LogP contribution in [-0.2, 0) is 27.4 Å². The normalized spacial score (nSPS) is 10.9. The van der Waals surface area contributed by atoms with Gasteiger partial charge in [0.05, 0.1) is 13.1 Å². The van der Waals surface area contributed by atoms with Crippen LogP contribution in [0.25, 0.3) is 0 Å². The van der Waals surface area contributed by atoms with Gasteiger partial charge in [0.25, 0.3) is 0 Å². The summed E-state index contributed by atoms with van der Waals surface area (Å²) in [5.74, 6) is 0.0701. The number of thiophene rings is 1. The van der Waals surface area contributed by atoms with Crippen LogP contribution in [0.5, 0.6) is 0 Å². The number of carbonyl (C=O) groups is 2. The number of nitrogens with zero attached hydrogens (tertiary/aromatic N) is 2. The number of benzene rings is 1. The van der Waals surface area contributed by atoms with Gasteiger partial charge in [0.1, 0.15) is 0 Å². The molecule has 5 nitrogen and oxygen atoms in total. The molecule has 0 saturated carbocycles. The van der Waals surface area contributed by atoms with Crippen molar-refractivity contribution < 1.29 is 14.3 Å². The van der Waals surface area contributed by atoms with Gasteiger partial charge in [-0.25, -0.2) is 0 Å². The minimum Gasteiger partial charge on any atom is -0.382 e. The lowest BCUT2D eigenvalue weighted by Gasteiger charge is -2.28. The second-order valence-electron chi connectivity index (χ2n) is 8.79. The molecule has 0 saturated heterocycles. The van der Waals surface area contributed by atoms with E-state index < -0.39 is 0 Å². The van der Waals surface area contributed by atoms with E-state index in [0.29, 0.717) is 39.3 Å². The lowest BCUT2D eigenvalue weighted by Crippen LogP contribution is -2.43. The topological polar surface area (TPSA) is 49.9 Å². The zero-order valence-corrected chi connectivity index (χ0v) is 22.1. The zero-order chi connectivity index (χ0) is 24.6. The molecule has 0 atom stereocenters. The minimum absolute atomic E-state index is 0.00704. The number of hydrogen-bond acceptors (Lipinski definition) is 4. The van der Waals surface area contributed by atoms with Crippen LogP contribution in [0, 0.1) is 6.92 Å². The molecular formula is C28H42N2O3S. The lowest BCUT2D eigenvalue weighted by atomic mass is 10.1. The molecule has 0 N–H and O–H groups in total. The van der Waals surface area contributed by atoms with E-state index in [4.69, 9.17) is 4.74 Å². The van der Waals surface area contributed by atoms with Gasteiger partial charge < -0.3 is 14.5 Å². The first-order chi connectivity index (χ1) is 16.5. The van der Waals surface area contributed by atoms with Crippen LogP contribution < -0.4 is 0 Å². The first kappa shape index (κ1) is 28.1. The Morgan fingerprint density at radius 1 is 0.882 bits per heavy atom. The van der Waals surface area contributed by atoms with Gasteiger partial charge in [-0.15, -0.1) is 11.3 Å². The van der Waals surface area contributed by atoms with Gasteiger partial charge in [-0.05, 0) is 49.3 Å². The Kier molecular flexibility index (Phi) is 13.6. The number of carbonyl (C=O) groups excluding carboxylic acids is 2. The van der Waals surface area contributed by atoms with Gasteiger partial charge in [-0.3, -0.25) is 9.59 Å². The van der Waals surface area contributed by atoms with Crippen LogP contribution in [0.2, 0.25) is 0 Å². The molecule has 0 aliphatic rings. The van der Waals surface area contributed by atoms with Gasteiger partial charge in [0, 0.05) is 37.6 Å². The van der Waals surface area contributed by atoms with Crippen molar-refractivity contribution in [2.75, 3.05) is 26.3 Å². The molecule has 1 aromatic heterocycles. The molecule has 34 heavy (non-hydrogen) atoms. The van der Waals surface area contributed by atoms with Crippen molar-refractivity contribution in [2.45, 2.75) is 78.8 Å². The molecule has 0 spiro atoms. The summed E-state index contributed by atoms with van der Waals surface area (Å²) in [5, 5.41) is 2.07. The summed E-state index contributed by atoms with van der Waals surface area (Å²) in [7, 11) is 0. The molecular weight excluding hydrogens is 444 g/mol. The molecule has 0 fully saturated rings. The summed E-state index contributed by atoms with van der Waals surface area (Å²) in [6, 6.07) is 12.2. The average Bonchev–Trinajstić information content (AvgIpc) is 3.25. The van der Waals surface area contributed by atoms with E-state index in [0.717, 1.165) is 31.2 Å². The molecule has 0 radical (unpaired) electrons. The Morgan fingerprint density at radius 3 is 2.32 bits per heavy atom. The minimum atomic E-state index is -0.00704. The third-order valence-corrected chi connectivity index (χ3v) is 6.97. The van der Waals surface area contributed by atoms with Crippen molar-refractivity contribution in [1.82, 2.24) is 9.80 Å². The highest BCUT2D eigenvalue weighted by Crippen LogP contribution is 2.20. The van der Waals surface area contributed by atoms with Crippen LogP contribution >= 0.6 is 11.3 Å². The van der Waals surface area contributed by atoms with Gasteiger partial charge in [0.2, 0.25) is 11.8 Å². The Hall–Kier alpha value is -2.18. The zero-order valence-electron chi connectivity index (χ0n) is 21.3.